The summed E-state index contributed by atoms with van der Waals surface area (Å²) in [5, 5.41) is 2.94. The number of piperidine rings is 1. The number of carbonyl (C=O) groups is 1. The van der Waals surface area contributed by atoms with Gasteiger partial charge in [0.15, 0.2) is 0 Å². The number of thioether (sulfide) groups is 1. The van der Waals surface area contributed by atoms with Crippen LogP contribution in [-0.4, -0.2) is 55.0 Å². The van der Waals surface area contributed by atoms with E-state index in [0.717, 1.165) is 37.6 Å². The number of rotatable bonds is 8. The highest BCUT2D eigenvalue weighted by Gasteiger charge is 2.15. The highest BCUT2D eigenvalue weighted by atomic mass is 32.2. The lowest BCUT2D eigenvalue weighted by atomic mass is 9.99. The van der Waals surface area contributed by atoms with Crippen molar-refractivity contribution in [3.05, 3.63) is 0 Å². The van der Waals surface area contributed by atoms with Crippen molar-refractivity contribution in [1.82, 2.24) is 10.2 Å². The number of nitrogens with one attached hydrogen (secondary N) is 1. The Hall–Kier alpha value is -0.260. The van der Waals surface area contributed by atoms with E-state index in [1.165, 1.54) is 25.9 Å². The maximum Gasteiger partial charge on any atom is 0.236 e. The van der Waals surface area contributed by atoms with E-state index in [4.69, 9.17) is 5.73 Å². The molecule has 5 heteroatoms. The van der Waals surface area contributed by atoms with Gasteiger partial charge in [-0.15, -0.1) is 0 Å². The predicted molar refractivity (Wildman–Crippen MR) is 83.4 cm³/mol. The van der Waals surface area contributed by atoms with E-state index < -0.39 is 0 Å². The van der Waals surface area contributed by atoms with E-state index in [1.807, 2.05) is 6.26 Å². The van der Waals surface area contributed by atoms with Gasteiger partial charge in [-0.3, -0.25) is 4.79 Å². The van der Waals surface area contributed by atoms with E-state index in [2.05, 4.69) is 17.1 Å². The normalized spacial score (nSPS) is 19.3. The molecular weight excluding hydrogens is 258 g/mol. The lowest BCUT2D eigenvalue weighted by Gasteiger charge is -2.30. The van der Waals surface area contributed by atoms with Crippen LogP contribution < -0.4 is 11.1 Å². The van der Waals surface area contributed by atoms with Gasteiger partial charge in [0.2, 0.25) is 5.91 Å². The van der Waals surface area contributed by atoms with Crippen LogP contribution in [0, 0.1) is 5.92 Å². The molecule has 1 amide bonds. The SMILES string of the molecule is CSCC[C@@H](N)C(=O)NCCCN1CCC(C)CC1. The lowest BCUT2D eigenvalue weighted by Crippen LogP contribution is -2.42. The molecule has 0 bridgehead atoms. The van der Waals surface area contributed by atoms with Gasteiger partial charge in [0, 0.05) is 6.54 Å². The summed E-state index contributed by atoms with van der Waals surface area (Å²) in [6.07, 6.45) is 6.44. The molecule has 0 unspecified atom stereocenters. The second-order valence-corrected chi connectivity index (χ2v) is 6.54. The smallest absolute Gasteiger partial charge is 0.236 e. The fourth-order valence-electron chi connectivity index (χ4n) is 2.31. The highest BCUT2D eigenvalue weighted by Crippen LogP contribution is 2.15. The number of nitrogens with zero attached hydrogens (tertiary/aromatic N) is 1. The standard InChI is InChI=1S/C14H29N3OS/c1-12-4-9-17(10-5-12)8-3-7-16-14(18)13(15)6-11-19-2/h12-13H,3-11,15H2,1-2H3,(H,16,18)/t13-/m1/s1. The molecule has 0 spiro atoms. The van der Waals surface area contributed by atoms with Crippen LogP contribution in [-0.2, 0) is 4.79 Å². The quantitative estimate of drug-likeness (QED) is 0.661. The van der Waals surface area contributed by atoms with E-state index in [0.29, 0.717) is 0 Å². The molecule has 19 heavy (non-hydrogen) atoms. The Bertz CT molecular complexity index is 255. The summed E-state index contributed by atoms with van der Waals surface area (Å²) in [6, 6.07) is -0.344. The molecule has 0 saturated carbocycles. The molecule has 4 nitrogen and oxygen atoms in total. The van der Waals surface area contributed by atoms with Crippen LogP contribution in [0.1, 0.15) is 32.6 Å². The van der Waals surface area contributed by atoms with Crippen molar-refractivity contribution in [1.29, 1.82) is 0 Å². The maximum atomic E-state index is 11.7. The van der Waals surface area contributed by atoms with Crippen molar-refractivity contribution < 1.29 is 4.79 Å². The molecule has 0 aromatic heterocycles. The van der Waals surface area contributed by atoms with Crippen LogP contribution in [0.2, 0.25) is 0 Å². The van der Waals surface area contributed by atoms with E-state index in [9.17, 15) is 4.79 Å². The lowest BCUT2D eigenvalue weighted by molar-refractivity contribution is -0.122. The number of hydrogen-bond donors (Lipinski definition) is 2. The largest absolute Gasteiger partial charge is 0.355 e. The summed E-state index contributed by atoms with van der Waals surface area (Å²) >= 11 is 1.73. The van der Waals surface area contributed by atoms with Gasteiger partial charge >= 0.3 is 0 Å². The van der Waals surface area contributed by atoms with Gasteiger partial charge in [-0.25, -0.2) is 0 Å². The molecule has 1 rings (SSSR count). The van der Waals surface area contributed by atoms with Crippen LogP contribution in [0.4, 0.5) is 0 Å². The van der Waals surface area contributed by atoms with Crippen molar-refractivity contribution in [2.75, 3.05) is 38.2 Å². The van der Waals surface area contributed by atoms with E-state index in [-0.39, 0.29) is 11.9 Å². The molecule has 3 N–H and O–H groups in total. The molecule has 1 heterocycles. The molecular formula is C14H29N3OS. The fraction of sp³-hybridized carbons (Fsp3) is 0.929. The Balaban J connectivity index is 2.02. The van der Waals surface area contributed by atoms with Gasteiger partial charge < -0.3 is 16.0 Å². The van der Waals surface area contributed by atoms with Crippen molar-refractivity contribution in [3.63, 3.8) is 0 Å². The topological polar surface area (TPSA) is 58.4 Å². The summed E-state index contributed by atoms with van der Waals surface area (Å²) in [6.45, 7) is 6.59. The number of amides is 1. The van der Waals surface area contributed by atoms with Crippen LogP contribution in [0.5, 0.6) is 0 Å². The minimum absolute atomic E-state index is 0.00122. The summed E-state index contributed by atoms with van der Waals surface area (Å²) in [4.78, 5) is 14.2. The maximum absolute atomic E-state index is 11.7. The van der Waals surface area contributed by atoms with Crippen LogP contribution in [0.25, 0.3) is 0 Å². The Morgan fingerprint density at radius 1 is 1.47 bits per heavy atom. The Labute approximate surface area is 121 Å². The van der Waals surface area contributed by atoms with Crippen molar-refractivity contribution >= 4 is 17.7 Å². The van der Waals surface area contributed by atoms with E-state index >= 15 is 0 Å². The van der Waals surface area contributed by atoms with Gasteiger partial charge in [-0.05, 0) is 63.2 Å². The van der Waals surface area contributed by atoms with Gasteiger partial charge in [0.1, 0.15) is 0 Å². The van der Waals surface area contributed by atoms with E-state index in [1.54, 1.807) is 11.8 Å². The molecule has 112 valence electrons. The van der Waals surface area contributed by atoms with Gasteiger partial charge in [-0.1, -0.05) is 6.92 Å². The molecule has 0 radical (unpaired) electrons. The molecule has 1 atom stereocenters. The molecule has 0 aromatic rings. The number of carbonyl (C=O) groups excluding carboxylic acids is 1. The van der Waals surface area contributed by atoms with Crippen LogP contribution in [0.3, 0.4) is 0 Å². The average molecular weight is 287 g/mol. The van der Waals surface area contributed by atoms with Crippen molar-refractivity contribution in [3.8, 4) is 0 Å². The first-order chi connectivity index (χ1) is 9.13. The average Bonchev–Trinajstić information content (AvgIpc) is 2.42. The summed E-state index contributed by atoms with van der Waals surface area (Å²) < 4.78 is 0. The zero-order valence-corrected chi connectivity index (χ0v) is 13.2. The molecule has 0 aliphatic carbocycles. The van der Waals surface area contributed by atoms with Gasteiger partial charge in [0.05, 0.1) is 6.04 Å². The molecule has 1 fully saturated rings. The number of likely N-dealkylation sites (tertiary alicyclic amines) is 1. The third kappa shape index (κ3) is 7.18. The summed E-state index contributed by atoms with van der Waals surface area (Å²) in [5.74, 6) is 1.83. The van der Waals surface area contributed by atoms with Crippen LogP contribution >= 0.6 is 11.8 Å². The summed E-state index contributed by atoms with van der Waals surface area (Å²) in [5.41, 5.74) is 5.81. The summed E-state index contributed by atoms with van der Waals surface area (Å²) in [7, 11) is 0. The van der Waals surface area contributed by atoms with Gasteiger partial charge in [0.25, 0.3) is 0 Å². The second kappa shape index (κ2) is 9.61. The van der Waals surface area contributed by atoms with Crippen molar-refractivity contribution in [2.24, 2.45) is 11.7 Å². The predicted octanol–water partition coefficient (Wildman–Crippen LogP) is 1.31. The Morgan fingerprint density at radius 3 is 2.79 bits per heavy atom. The minimum Gasteiger partial charge on any atom is -0.355 e. The van der Waals surface area contributed by atoms with Gasteiger partial charge in [-0.2, -0.15) is 11.8 Å². The fourth-order valence-corrected chi connectivity index (χ4v) is 2.80. The highest BCUT2D eigenvalue weighted by molar-refractivity contribution is 7.98. The molecule has 1 aliphatic heterocycles. The number of nitrogens with two attached hydrogens (primary N) is 1. The first-order valence-electron chi connectivity index (χ1n) is 7.38. The first-order valence-corrected chi connectivity index (χ1v) is 8.77. The Kier molecular flexibility index (Phi) is 8.50. The monoisotopic (exact) mass is 287 g/mol. The first kappa shape index (κ1) is 16.8. The number of hydrogen-bond acceptors (Lipinski definition) is 4. The molecule has 1 aliphatic rings. The zero-order valence-electron chi connectivity index (χ0n) is 12.4. The Morgan fingerprint density at radius 2 is 2.16 bits per heavy atom. The molecule has 0 aromatic carbocycles. The third-order valence-corrected chi connectivity index (χ3v) is 4.44. The second-order valence-electron chi connectivity index (χ2n) is 5.56. The van der Waals surface area contributed by atoms with Crippen molar-refractivity contribution in [2.45, 2.75) is 38.6 Å². The third-order valence-electron chi connectivity index (χ3n) is 3.80. The van der Waals surface area contributed by atoms with Crippen LogP contribution in [0.15, 0.2) is 0 Å². The minimum atomic E-state index is -0.344. The zero-order chi connectivity index (χ0) is 14.1. The molecule has 1 saturated heterocycles.